The zero-order valence-corrected chi connectivity index (χ0v) is 14.0. The highest BCUT2D eigenvalue weighted by Crippen LogP contribution is 2.09. The molecule has 1 aromatic carbocycles. The minimum Gasteiger partial charge on any atom is -0.481 e. The van der Waals surface area contributed by atoms with Crippen molar-refractivity contribution >= 4 is 12.0 Å². The molecule has 6 heteroatoms. The molecular weight excluding hydrogens is 296 g/mol. The van der Waals surface area contributed by atoms with Crippen molar-refractivity contribution in [2.75, 3.05) is 13.6 Å². The molecule has 0 saturated heterocycles. The Bertz CT molecular complexity index is 511. The summed E-state index contributed by atoms with van der Waals surface area (Å²) in [6.45, 7) is 3.45. The fourth-order valence-corrected chi connectivity index (χ4v) is 2.36. The van der Waals surface area contributed by atoms with Gasteiger partial charge in [0.15, 0.2) is 0 Å². The van der Waals surface area contributed by atoms with Crippen LogP contribution in [0.15, 0.2) is 30.3 Å². The number of benzene rings is 1. The van der Waals surface area contributed by atoms with E-state index in [2.05, 4.69) is 5.32 Å². The third-order valence-electron chi connectivity index (χ3n) is 3.33. The van der Waals surface area contributed by atoms with E-state index in [4.69, 9.17) is 5.11 Å². The van der Waals surface area contributed by atoms with E-state index in [0.29, 0.717) is 12.8 Å². The van der Waals surface area contributed by atoms with E-state index < -0.39 is 11.6 Å². The first-order valence-electron chi connectivity index (χ1n) is 7.67. The van der Waals surface area contributed by atoms with Gasteiger partial charge >= 0.3 is 12.0 Å². The lowest BCUT2D eigenvalue weighted by Crippen LogP contribution is -2.48. The lowest BCUT2D eigenvalue weighted by atomic mass is 10.0. The predicted molar refractivity (Wildman–Crippen MR) is 88.3 cm³/mol. The number of carboxylic acids is 1. The molecule has 23 heavy (non-hydrogen) atoms. The molecule has 0 aliphatic rings. The second-order valence-electron chi connectivity index (χ2n) is 6.44. The minimum absolute atomic E-state index is 0.00696. The smallest absolute Gasteiger partial charge is 0.317 e. The third kappa shape index (κ3) is 8.21. The first-order valence-corrected chi connectivity index (χ1v) is 7.67. The number of aliphatic hydroxyl groups is 1. The van der Waals surface area contributed by atoms with Crippen molar-refractivity contribution in [3.63, 3.8) is 0 Å². The Balaban J connectivity index is 2.68. The van der Waals surface area contributed by atoms with Crippen LogP contribution >= 0.6 is 0 Å². The second-order valence-corrected chi connectivity index (χ2v) is 6.44. The van der Waals surface area contributed by atoms with Gasteiger partial charge in [0.05, 0.1) is 12.1 Å². The zero-order valence-electron chi connectivity index (χ0n) is 14.0. The van der Waals surface area contributed by atoms with Crippen LogP contribution in [-0.2, 0) is 11.2 Å². The third-order valence-corrected chi connectivity index (χ3v) is 3.33. The van der Waals surface area contributed by atoms with Crippen molar-refractivity contribution < 1.29 is 19.8 Å². The Morgan fingerprint density at radius 3 is 2.39 bits per heavy atom. The fourth-order valence-electron chi connectivity index (χ4n) is 2.36. The van der Waals surface area contributed by atoms with Gasteiger partial charge in [-0.05, 0) is 32.3 Å². The molecule has 0 heterocycles. The Hall–Kier alpha value is -2.08. The van der Waals surface area contributed by atoms with Crippen molar-refractivity contribution in [1.82, 2.24) is 10.2 Å². The van der Waals surface area contributed by atoms with Crippen LogP contribution in [0.2, 0.25) is 0 Å². The number of carboxylic acid groups (broad SMARTS) is 1. The summed E-state index contributed by atoms with van der Waals surface area (Å²) in [5.74, 6) is -0.887. The quantitative estimate of drug-likeness (QED) is 0.681. The monoisotopic (exact) mass is 322 g/mol. The van der Waals surface area contributed by atoms with E-state index in [1.165, 1.54) is 4.90 Å². The molecule has 1 unspecified atom stereocenters. The molecule has 0 aliphatic heterocycles. The first kappa shape index (κ1) is 19.0. The molecule has 1 aromatic rings. The van der Waals surface area contributed by atoms with Crippen LogP contribution in [0.3, 0.4) is 0 Å². The molecule has 6 nitrogen and oxygen atoms in total. The molecule has 0 spiro atoms. The van der Waals surface area contributed by atoms with Gasteiger partial charge in [-0.1, -0.05) is 30.3 Å². The normalized spacial score (nSPS) is 12.5. The Labute approximate surface area is 137 Å². The molecule has 1 atom stereocenters. The number of amides is 2. The van der Waals surface area contributed by atoms with E-state index in [0.717, 1.165) is 5.56 Å². The van der Waals surface area contributed by atoms with E-state index in [1.54, 1.807) is 20.9 Å². The molecule has 1 rings (SSSR count). The summed E-state index contributed by atoms with van der Waals surface area (Å²) in [6.07, 6.45) is 0.912. The maximum Gasteiger partial charge on any atom is 0.317 e. The second kappa shape index (κ2) is 8.53. The van der Waals surface area contributed by atoms with Crippen LogP contribution in [0.4, 0.5) is 4.79 Å². The zero-order chi connectivity index (χ0) is 17.5. The van der Waals surface area contributed by atoms with Gasteiger partial charge in [-0.3, -0.25) is 4.79 Å². The molecule has 0 aliphatic carbocycles. The predicted octanol–water partition coefficient (Wildman–Crippen LogP) is 1.87. The summed E-state index contributed by atoms with van der Waals surface area (Å²) in [4.78, 5) is 24.4. The summed E-state index contributed by atoms with van der Waals surface area (Å²) in [5.41, 5.74) is 0.0514. The number of urea groups is 1. The van der Waals surface area contributed by atoms with Crippen LogP contribution in [-0.4, -0.2) is 52.3 Å². The Morgan fingerprint density at radius 2 is 1.87 bits per heavy atom. The number of carbonyl (C=O) groups is 2. The van der Waals surface area contributed by atoms with Gasteiger partial charge in [-0.15, -0.1) is 0 Å². The van der Waals surface area contributed by atoms with Gasteiger partial charge in [0.2, 0.25) is 0 Å². The van der Waals surface area contributed by atoms with Crippen molar-refractivity contribution in [3.8, 4) is 0 Å². The lowest BCUT2D eigenvalue weighted by Gasteiger charge is -2.28. The first-order chi connectivity index (χ1) is 10.7. The van der Waals surface area contributed by atoms with E-state index in [9.17, 15) is 14.7 Å². The summed E-state index contributed by atoms with van der Waals surface area (Å²) >= 11 is 0. The van der Waals surface area contributed by atoms with E-state index in [-0.39, 0.29) is 25.0 Å². The van der Waals surface area contributed by atoms with Crippen LogP contribution in [0, 0.1) is 0 Å². The summed E-state index contributed by atoms with van der Waals surface area (Å²) < 4.78 is 0. The summed E-state index contributed by atoms with van der Waals surface area (Å²) in [7, 11) is 1.60. The number of hydrogen-bond donors (Lipinski definition) is 3. The molecule has 0 fully saturated rings. The maximum absolute atomic E-state index is 12.2. The molecule has 3 N–H and O–H groups in total. The number of rotatable bonds is 8. The molecule has 2 amide bonds. The van der Waals surface area contributed by atoms with Gasteiger partial charge < -0.3 is 20.4 Å². The molecule has 0 radical (unpaired) electrons. The van der Waals surface area contributed by atoms with Crippen LogP contribution < -0.4 is 5.32 Å². The van der Waals surface area contributed by atoms with Crippen molar-refractivity contribution in [1.29, 1.82) is 0 Å². The van der Waals surface area contributed by atoms with Crippen molar-refractivity contribution in [2.45, 2.75) is 44.8 Å². The number of nitrogens with one attached hydrogen (secondary N) is 1. The van der Waals surface area contributed by atoms with Gasteiger partial charge in [0.25, 0.3) is 0 Å². The van der Waals surface area contributed by atoms with Gasteiger partial charge in [0, 0.05) is 19.5 Å². The van der Waals surface area contributed by atoms with Crippen molar-refractivity contribution in [2.24, 2.45) is 0 Å². The van der Waals surface area contributed by atoms with Crippen LogP contribution in [0.5, 0.6) is 0 Å². The molecule has 0 aromatic heterocycles. The van der Waals surface area contributed by atoms with E-state index in [1.807, 2.05) is 30.3 Å². The van der Waals surface area contributed by atoms with Crippen molar-refractivity contribution in [3.05, 3.63) is 35.9 Å². The van der Waals surface area contributed by atoms with Gasteiger partial charge in [-0.2, -0.15) is 0 Å². The highest BCUT2D eigenvalue weighted by atomic mass is 16.4. The number of hydrogen-bond acceptors (Lipinski definition) is 3. The average Bonchev–Trinajstić information content (AvgIpc) is 2.44. The van der Waals surface area contributed by atoms with Gasteiger partial charge in [0.1, 0.15) is 0 Å². The molecule has 128 valence electrons. The molecule has 0 bridgehead atoms. The number of carbonyl (C=O) groups excluding carboxylic acids is 1. The highest BCUT2D eigenvalue weighted by molar-refractivity contribution is 5.74. The van der Waals surface area contributed by atoms with Gasteiger partial charge in [-0.25, -0.2) is 4.79 Å². The maximum atomic E-state index is 12.2. The number of likely N-dealkylation sites (N-methyl/N-ethyl adjacent to an activating group) is 1. The minimum atomic E-state index is -0.984. The molecule has 0 saturated carbocycles. The topological polar surface area (TPSA) is 89.9 Å². The Morgan fingerprint density at radius 1 is 1.26 bits per heavy atom. The Kier molecular flexibility index (Phi) is 7.03. The van der Waals surface area contributed by atoms with Crippen LogP contribution in [0.25, 0.3) is 0 Å². The fraction of sp³-hybridized carbons (Fsp3) is 0.529. The van der Waals surface area contributed by atoms with E-state index >= 15 is 0 Å². The SMILES string of the molecule is CN(CC(C)(C)O)C(=O)NC(CCC(=O)O)Cc1ccccc1. The molecular formula is C17H26N2O4. The largest absolute Gasteiger partial charge is 0.481 e. The average molecular weight is 322 g/mol. The highest BCUT2D eigenvalue weighted by Gasteiger charge is 2.22. The summed E-state index contributed by atoms with van der Waals surface area (Å²) in [5, 5.41) is 21.5. The summed E-state index contributed by atoms with van der Waals surface area (Å²) in [6, 6.07) is 9.02. The lowest BCUT2D eigenvalue weighted by molar-refractivity contribution is -0.137. The van der Waals surface area contributed by atoms with Crippen LogP contribution in [0.1, 0.15) is 32.3 Å². The number of nitrogens with zero attached hydrogens (tertiary/aromatic N) is 1. The standard InChI is InChI=1S/C17H26N2O4/c1-17(2,23)12-19(3)16(22)18-14(9-10-15(20)21)11-13-7-5-4-6-8-13/h4-8,14,23H,9-12H2,1-3H3,(H,18,22)(H,20,21). The number of aliphatic carboxylic acids is 1.